The van der Waals surface area contributed by atoms with E-state index in [0.717, 1.165) is 17.3 Å². The minimum Gasteiger partial charge on any atom is -0.379 e. The van der Waals surface area contributed by atoms with E-state index >= 15 is 0 Å². The summed E-state index contributed by atoms with van der Waals surface area (Å²) in [5.41, 5.74) is 2.48. The lowest BCUT2D eigenvalue weighted by atomic mass is 10.1. The molecule has 0 radical (unpaired) electrons. The van der Waals surface area contributed by atoms with E-state index in [1.165, 1.54) is 11.8 Å². The van der Waals surface area contributed by atoms with E-state index < -0.39 is 4.92 Å². The van der Waals surface area contributed by atoms with E-state index in [1.54, 1.807) is 0 Å². The van der Waals surface area contributed by atoms with Gasteiger partial charge in [-0.3, -0.25) is 10.1 Å². The molecule has 0 aliphatic carbocycles. The van der Waals surface area contributed by atoms with Crippen LogP contribution in [0.4, 0.5) is 11.4 Å². The Kier molecular flexibility index (Phi) is 3.96. The minimum atomic E-state index is -0.399. The zero-order chi connectivity index (χ0) is 15.4. The molecule has 2 aromatic carbocycles. The number of pyridine rings is 1. The third-order valence-corrected chi connectivity index (χ3v) is 3.51. The highest BCUT2D eigenvalue weighted by molar-refractivity contribution is 5.95. The molecule has 22 heavy (non-hydrogen) atoms. The number of nitro groups is 1. The van der Waals surface area contributed by atoms with Gasteiger partial charge in [0, 0.05) is 11.9 Å². The largest absolute Gasteiger partial charge is 0.379 e. The van der Waals surface area contributed by atoms with Crippen LogP contribution in [0.15, 0.2) is 60.8 Å². The van der Waals surface area contributed by atoms with Crippen molar-refractivity contribution in [2.45, 2.75) is 6.42 Å². The number of fused-ring (bicyclic) bond motifs is 1. The van der Waals surface area contributed by atoms with Gasteiger partial charge in [0.15, 0.2) is 0 Å². The molecule has 5 heteroatoms. The average molecular weight is 293 g/mol. The third kappa shape index (κ3) is 2.88. The number of hydrogen-bond acceptors (Lipinski definition) is 4. The predicted octanol–water partition coefficient (Wildman–Crippen LogP) is 3.80. The lowest BCUT2D eigenvalue weighted by molar-refractivity contribution is -0.384. The van der Waals surface area contributed by atoms with Crippen molar-refractivity contribution in [3.63, 3.8) is 0 Å². The van der Waals surface area contributed by atoms with Crippen molar-refractivity contribution in [1.82, 2.24) is 4.98 Å². The van der Waals surface area contributed by atoms with Gasteiger partial charge in [0.05, 0.1) is 10.4 Å². The molecule has 0 atom stereocenters. The quantitative estimate of drug-likeness (QED) is 0.574. The van der Waals surface area contributed by atoms with Gasteiger partial charge in [-0.05, 0) is 18.1 Å². The van der Waals surface area contributed by atoms with Gasteiger partial charge in [-0.2, -0.15) is 0 Å². The van der Waals surface area contributed by atoms with Crippen LogP contribution in [-0.2, 0) is 6.42 Å². The maximum Gasteiger partial charge on any atom is 0.311 e. The fourth-order valence-corrected chi connectivity index (χ4v) is 2.43. The molecule has 0 amide bonds. The van der Waals surface area contributed by atoms with Crippen LogP contribution in [0.3, 0.4) is 0 Å². The molecule has 110 valence electrons. The Bertz CT molecular complexity index is 803. The van der Waals surface area contributed by atoms with Gasteiger partial charge in [-0.15, -0.1) is 0 Å². The monoisotopic (exact) mass is 293 g/mol. The Balaban J connectivity index is 1.88. The van der Waals surface area contributed by atoms with Gasteiger partial charge in [0.2, 0.25) is 0 Å². The second-order valence-corrected chi connectivity index (χ2v) is 4.96. The summed E-state index contributed by atoms with van der Waals surface area (Å²) >= 11 is 0. The zero-order valence-electron chi connectivity index (χ0n) is 11.9. The summed E-state index contributed by atoms with van der Waals surface area (Å²) in [5.74, 6) is 0. The van der Waals surface area contributed by atoms with Crippen LogP contribution in [0.2, 0.25) is 0 Å². The first kappa shape index (κ1) is 14.0. The fraction of sp³-hybridized carbons (Fsp3) is 0.118. The maximum absolute atomic E-state index is 11.2. The van der Waals surface area contributed by atoms with Crippen molar-refractivity contribution < 1.29 is 4.92 Å². The molecule has 1 N–H and O–H groups in total. The molecule has 0 aliphatic rings. The zero-order valence-corrected chi connectivity index (χ0v) is 11.9. The lowest BCUT2D eigenvalue weighted by Gasteiger charge is -2.10. The number of para-hydroxylation sites is 1. The summed E-state index contributed by atoms with van der Waals surface area (Å²) in [6, 6.07) is 17.4. The molecular weight excluding hydrogens is 278 g/mol. The highest BCUT2D eigenvalue weighted by atomic mass is 16.6. The van der Waals surface area contributed by atoms with Crippen LogP contribution in [0.25, 0.3) is 10.9 Å². The second-order valence-electron chi connectivity index (χ2n) is 4.96. The van der Waals surface area contributed by atoms with E-state index in [9.17, 15) is 10.1 Å². The van der Waals surface area contributed by atoms with E-state index in [2.05, 4.69) is 10.3 Å². The van der Waals surface area contributed by atoms with Crippen LogP contribution < -0.4 is 5.32 Å². The lowest BCUT2D eigenvalue weighted by Crippen LogP contribution is -2.08. The van der Waals surface area contributed by atoms with Gasteiger partial charge < -0.3 is 5.32 Å². The first-order valence-corrected chi connectivity index (χ1v) is 7.05. The molecular formula is C17H15N3O2. The maximum atomic E-state index is 11.2. The normalized spacial score (nSPS) is 10.5. The molecule has 0 bridgehead atoms. The van der Waals surface area contributed by atoms with E-state index in [-0.39, 0.29) is 5.69 Å². The highest BCUT2D eigenvalue weighted by Crippen LogP contribution is 2.31. The van der Waals surface area contributed by atoms with Crippen LogP contribution in [0.5, 0.6) is 0 Å². The van der Waals surface area contributed by atoms with Crippen molar-refractivity contribution in [3.8, 4) is 0 Å². The Morgan fingerprint density at radius 3 is 2.55 bits per heavy atom. The topological polar surface area (TPSA) is 68.1 Å². The molecule has 1 aromatic heterocycles. The minimum absolute atomic E-state index is 0.00626. The van der Waals surface area contributed by atoms with E-state index in [4.69, 9.17) is 0 Å². The summed E-state index contributed by atoms with van der Waals surface area (Å²) in [6.45, 7) is 0.624. The van der Waals surface area contributed by atoms with Crippen LogP contribution >= 0.6 is 0 Å². The summed E-state index contributed by atoms with van der Waals surface area (Å²) < 4.78 is 0. The van der Waals surface area contributed by atoms with Gasteiger partial charge >= 0.3 is 5.69 Å². The first-order chi connectivity index (χ1) is 10.8. The Morgan fingerprint density at radius 1 is 1.05 bits per heavy atom. The molecule has 0 fully saturated rings. The number of anilines is 1. The van der Waals surface area contributed by atoms with Crippen molar-refractivity contribution in [1.29, 1.82) is 0 Å². The fourth-order valence-electron chi connectivity index (χ4n) is 2.43. The predicted molar refractivity (Wildman–Crippen MR) is 87.0 cm³/mol. The molecule has 0 aliphatic heterocycles. The summed E-state index contributed by atoms with van der Waals surface area (Å²) in [5, 5.41) is 15.2. The van der Waals surface area contributed by atoms with Gasteiger partial charge in [0.1, 0.15) is 11.9 Å². The van der Waals surface area contributed by atoms with Gasteiger partial charge in [-0.25, -0.2) is 4.98 Å². The smallest absolute Gasteiger partial charge is 0.311 e. The van der Waals surface area contributed by atoms with Crippen molar-refractivity contribution in [2.24, 2.45) is 0 Å². The number of nitrogens with one attached hydrogen (secondary N) is 1. The molecule has 0 saturated heterocycles. The number of nitrogens with zero attached hydrogens (tertiary/aromatic N) is 2. The van der Waals surface area contributed by atoms with Gasteiger partial charge in [0.25, 0.3) is 0 Å². The Hall–Kier alpha value is -2.95. The average Bonchev–Trinajstić information content (AvgIpc) is 2.55. The Labute approximate surface area is 127 Å². The van der Waals surface area contributed by atoms with Gasteiger partial charge in [-0.1, -0.05) is 48.5 Å². The molecule has 5 nitrogen and oxygen atoms in total. The summed E-state index contributed by atoms with van der Waals surface area (Å²) in [6.07, 6.45) is 2.11. The van der Waals surface area contributed by atoms with Crippen molar-refractivity contribution in [2.75, 3.05) is 11.9 Å². The second kappa shape index (κ2) is 6.22. The highest BCUT2D eigenvalue weighted by Gasteiger charge is 2.17. The number of hydrogen-bond donors (Lipinski definition) is 1. The van der Waals surface area contributed by atoms with Crippen molar-refractivity contribution >= 4 is 22.3 Å². The van der Waals surface area contributed by atoms with Crippen LogP contribution in [-0.4, -0.2) is 16.5 Å². The molecule has 1 heterocycles. The number of rotatable bonds is 5. The molecule has 3 aromatic rings. The van der Waals surface area contributed by atoms with Crippen LogP contribution in [0, 0.1) is 10.1 Å². The molecule has 3 rings (SSSR count). The molecule has 0 saturated carbocycles. The summed E-state index contributed by atoms with van der Waals surface area (Å²) in [4.78, 5) is 15.0. The Morgan fingerprint density at radius 2 is 1.77 bits per heavy atom. The van der Waals surface area contributed by atoms with Crippen LogP contribution in [0.1, 0.15) is 5.56 Å². The van der Waals surface area contributed by atoms with E-state index in [0.29, 0.717) is 12.2 Å². The number of benzene rings is 2. The SMILES string of the molecule is O=[N+]([O-])c1cnc2ccccc2c1NCCc1ccccc1. The standard InChI is InChI=1S/C17H15N3O2/c21-20(22)16-12-19-15-9-5-4-8-14(15)17(16)18-11-10-13-6-2-1-3-7-13/h1-9,12H,10-11H2,(H,18,19). The summed E-state index contributed by atoms with van der Waals surface area (Å²) in [7, 11) is 0. The third-order valence-electron chi connectivity index (χ3n) is 3.51. The first-order valence-electron chi connectivity index (χ1n) is 7.05. The molecule has 0 unspecified atom stereocenters. The molecule has 0 spiro atoms. The van der Waals surface area contributed by atoms with Crippen molar-refractivity contribution in [3.05, 3.63) is 76.5 Å². The number of aromatic nitrogens is 1. The van der Waals surface area contributed by atoms with E-state index in [1.807, 2.05) is 54.6 Å².